The quantitative estimate of drug-likeness (QED) is 0.229. The summed E-state index contributed by atoms with van der Waals surface area (Å²) >= 11 is 5.57. The van der Waals surface area contributed by atoms with E-state index in [0.29, 0.717) is 6.42 Å². The van der Waals surface area contributed by atoms with Crippen LogP contribution in [0.4, 0.5) is 11.4 Å². The molecule has 1 aromatic heterocycles. The van der Waals surface area contributed by atoms with Gasteiger partial charge in [-0.05, 0) is 36.3 Å². The lowest BCUT2D eigenvalue weighted by atomic mass is 10.1. The van der Waals surface area contributed by atoms with Crippen LogP contribution in [0.3, 0.4) is 0 Å². The molecule has 11 heteroatoms. The molecule has 0 radical (unpaired) electrons. The molecule has 0 bridgehead atoms. The Bertz CT molecular complexity index is 1580. The highest BCUT2D eigenvalue weighted by Gasteiger charge is 2.30. The van der Waals surface area contributed by atoms with Crippen molar-refractivity contribution in [1.29, 1.82) is 5.26 Å². The van der Waals surface area contributed by atoms with Gasteiger partial charge in [-0.25, -0.2) is 0 Å². The van der Waals surface area contributed by atoms with E-state index in [-0.39, 0.29) is 27.8 Å². The lowest BCUT2D eigenvalue weighted by molar-refractivity contribution is -0.393. The Labute approximate surface area is 196 Å². The second-order valence-electron chi connectivity index (χ2n) is 7.32. The Hall–Kier alpha value is -4.69. The summed E-state index contributed by atoms with van der Waals surface area (Å²) in [6.07, 6.45) is 0.445. The Balaban J connectivity index is 2.09. The molecule has 4 rings (SSSR count). The molecule has 0 saturated carbocycles. The van der Waals surface area contributed by atoms with Crippen molar-refractivity contribution >= 4 is 34.5 Å². The molecule has 3 aromatic carbocycles. The van der Waals surface area contributed by atoms with Gasteiger partial charge in [0.25, 0.3) is 5.56 Å². The summed E-state index contributed by atoms with van der Waals surface area (Å²) in [5.41, 5.74) is -1.27. The molecule has 1 heterocycles. The Morgan fingerprint density at radius 2 is 1.53 bits per heavy atom. The Kier molecular flexibility index (Phi) is 5.99. The number of nitriles is 1. The van der Waals surface area contributed by atoms with Gasteiger partial charge in [0.2, 0.25) is 5.69 Å². The zero-order valence-electron chi connectivity index (χ0n) is 17.5. The average molecular weight is 473 g/mol. The zero-order chi connectivity index (χ0) is 24.4. The first kappa shape index (κ1) is 22.5. The van der Waals surface area contributed by atoms with E-state index in [2.05, 4.69) is 0 Å². The molecule has 0 amide bonds. The Morgan fingerprint density at radius 1 is 0.941 bits per heavy atom. The molecule has 34 heavy (non-hydrogen) atoms. The van der Waals surface area contributed by atoms with E-state index >= 15 is 0 Å². The van der Waals surface area contributed by atoms with Gasteiger partial charge >= 0.3 is 11.4 Å². The van der Waals surface area contributed by atoms with Crippen LogP contribution < -0.4 is 5.56 Å². The summed E-state index contributed by atoms with van der Waals surface area (Å²) in [4.78, 5) is 35.5. The molecule has 0 fully saturated rings. The maximum absolute atomic E-state index is 13.3. The SMILES string of the molecule is N#Cc1cc([N+](=O)[O-])c(-n2c(=S)n(CCc3ccccc3)c(=O)c3ccccc32)c([N+](=O)[O-])c1. The van der Waals surface area contributed by atoms with E-state index in [1.165, 1.54) is 21.3 Å². The fourth-order valence-corrected chi connectivity index (χ4v) is 4.14. The molecule has 0 atom stereocenters. The van der Waals surface area contributed by atoms with E-state index in [4.69, 9.17) is 12.2 Å². The second kappa shape index (κ2) is 9.05. The summed E-state index contributed by atoms with van der Waals surface area (Å²) in [6.45, 7) is 0.157. The predicted octanol–water partition coefficient (Wildman–Crippen LogP) is 4.45. The average Bonchev–Trinajstić information content (AvgIpc) is 2.84. The minimum absolute atomic E-state index is 0.129. The van der Waals surface area contributed by atoms with Gasteiger partial charge in [-0.15, -0.1) is 0 Å². The molecule has 0 N–H and O–H groups in total. The summed E-state index contributed by atoms with van der Waals surface area (Å²) in [7, 11) is 0. The van der Waals surface area contributed by atoms with Crippen LogP contribution in [-0.2, 0) is 13.0 Å². The predicted molar refractivity (Wildman–Crippen MR) is 127 cm³/mol. The van der Waals surface area contributed by atoms with Gasteiger partial charge in [-0.2, -0.15) is 5.26 Å². The van der Waals surface area contributed by atoms with Crippen LogP contribution in [-0.4, -0.2) is 19.0 Å². The van der Waals surface area contributed by atoms with Crippen molar-refractivity contribution in [2.24, 2.45) is 0 Å². The van der Waals surface area contributed by atoms with E-state index in [1.54, 1.807) is 18.2 Å². The highest BCUT2D eigenvalue weighted by Crippen LogP contribution is 2.35. The van der Waals surface area contributed by atoms with Crippen molar-refractivity contribution in [2.75, 3.05) is 0 Å². The van der Waals surface area contributed by atoms with Crippen molar-refractivity contribution in [3.05, 3.63) is 113 Å². The maximum atomic E-state index is 13.3. The molecular formula is C23H15N5O5S. The summed E-state index contributed by atoms with van der Waals surface area (Å²) < 4.78 is 2.32. The molecule has 0 aliphatic carbocycles. The van der Waals surface area contributed by atoms with Crippen molar-refractivity contribution in [1.82, 2.24) is 9.13 Å². The van der Waals surface area contributed by atoms with Crippen LogP contribution in [0.1, 0.15) is 11.1 Å². The number of hydrogen-bond acceptors (Lipinski definition) is 7. The lowest BCUT2D eigenvalue weighted by Gasteiger charge is -2.16. The van der Waals surface area contributed by atoms with E-state index in [0.717, 1.165) is 17.7 Å². The number of aromatic nitrogens is 2. The van der Waals surface area contributed by atoms with Crippen LogP contribution in [0.2, 0.25) is 0 Å². The number of nitrogens with zero attached hydrogens (tertiary/aromatic N) is 5. The molecule has 0 aliphatic rings. The van der Waals surface area contributed by atoms with Gasteiger partial charge < -0.3 is 0 Å². The highest BCUT2D eigenvalue weighted by molar-refractivity contribution is 7.71. The fourth-order valence-electron chi connectivity index (χ4n) is 3.78. The molecule has 10 nitrogen and oxygen atoms in total. The number of rotatable bonds is 6. The van der Waals surface area contributed by atoms with Crippen LogP contribution in [0.25, 0.3) is 16.6 Å². The molecule has 168 valence electrons. The maximum Gasteiger partial charge on any atom is 0.301 e. The number of fused-ring (bicyclic) bond motifs is 1. The van der Waals surface area contributed by atoms with E-state index < -0.39 is 32.5 Å². The van der Waals surface area contributed by atoms with Gasteiger partial charge in [-0.1, -0.05) is 42.5 Å². The molecule has 4 aromatic rings. The third kappa shape index (κ3) is 3.94. The first-order chi connectivity index (χ1) is 16.3. The first-order valence-corrected chi connectivity index (χ1v) is 10.4. The number of benzene rings is 3. The third-order valence-electron chi connectivity index (χ3n) is 5.33. The zero-order valence-corrected chi connectivity index (χ0v) is 18.3. The molecule has 0 spiro atoms. The summed E-state index contributed by atoms with van der Waals surface area (Å²) in [6, 6.07) is 19.2. The van der Waals surface area contributed by atoms with Gasteiger partial charge in [0, 0.05) is 18.7 Å². The minimum atomic E-state index is -0.806. The third-order valence-corrected chi connectivity index (χ3v) is 5.73. The topological polar surface area (TPSA) is 137 Å². The normalized spacial score (nSPS) is 10.7. The molecule has 0 aliphatic heterocycles. The largest absolute Gasteiger partial charge is 0.301 e. The summed E-state index contributed by atoms with van der Waals surface area (Å²) in [5.74, 6) is 0. The summed E-state index contributed by atoms with van der Waals surface area (Å²) in [5, 5.41) is 33.2. The number of para-hydroxylation sites is 1. The second-order valence-corrected chi connectivity index (χ2v) is 7.68. The van der Waals surface area contributed by atoms with Crippen molar-refractivity contribution in [3.8, 4) is 11.8 Å². The van der Waals surface area contributed by atoms with Gasteiger partial charge in [-0.3, -0.25) is 34.2 Å². The number of nitro groups is 2. The van der Waals surface area contributed by atoms with Crippen LogP contribution in [0.15, 0.2) is 71.5 Å². The van der Waals surface area contributed by atoms with Crippen molar-refractivity contribution < 1.29 is 9.85 Å². The number of nitro benzene ring substituents is 2. The Morgan fingerprint density at radius 3 is 2.12 bits per heavy atom. The van der Waals surface area contributed by atoms with Crippen molar-refractivity contribution in [3.63, 3.8) is 0 Å². The lowest BCUT2D eigenvalue weighted by Crippen LogP contribution is -2.26. The van der Waals surface area contributed by atoms with Gasteiger partial charge in [0.15, 0.2) is 4.77 Å². The minimum Gasteiger partial charge on any atom is -0.284 e. The standard InChI is InChI=1S/C23H15N5O5S/c24-14-16-12-19(27(30)31)21(20(13-16)28(32)33)26-18-9-5-4-8-17(18)22(29)25(23(26)34)11-10-15-6-2-1-3-7-15/h1-9,12-13H,10-11H2. The number of hydrogen-bond donors (Lipinski definition) is 0. The van der Waals surface area contributed by atoms with E-state index in [1.807, 2.05) is 30.3 Å². The monoisotopic (exact) mass is 473 g/mol. The van der Waals surface area contributed by atoms with Crippen LogP contribution in [0, 0.1) is 36.3 Å². The van der Waals surface area contributed by atoms with Crippen LogP contribution in [0.5, 0.6) is 0 Å². The number of aryl methyl sites for hydroxylation is 1. The van der Waals surface area contributed by atoms with Gasteiger partial charge in [0.1, 0.15) is 0 Å². The highest BCUT2D eigenvalue weighted by atomic mass is 32.1. The van der Waals surface area contributed by atoms with Crippen LogP contribution >= 0.6 is 12.2 Å². The van der Waals surface area contributed by atoms with Crippen molar-refractivity contribution in [2.45, 2.75) is 13.0 Å². The first-order valence-electron chi connectivity index (χ1n) is 9.99. The molecule has 0 saturated heterocycles. The molecule has 0 unspecified atom stereocenters. The fraction of sp³-hybridized carbons (Fsp3) is 0.0870. The smallest absolute Gasteiger partial charge is 0.284 e. The van der Waals surface area contributed by atoms with Gasteiger partial charge in [0.05, 0.1) is 32.4 Å². The molecular weight excluding hydrogens is 458 g/mol. The van der Waals surface area contributed by atoms with E-state index in [9.17, 15) is 30.3 Å².